The van der Waals surface area contributed by atoms with E-state index in [-0.39, 0.29) is 17.7 Å². The van der Waals surface area contributed by atoms with E-state index in [4.69, 9.17) is 0 Å². The standard InChI is InChI=1S/C20H25NO3/c22-18(11-14-7-3-6-13-5-1-2-9-16(13)14)21-12-15-8-4-10-17(15)19(21)20(23)24/h1-2,5,9,14-15,17,19H,3-4,6-8,10-12H2,(H,23,24). The lowest BCUT2D eigenvalue weighted by atomic mass is 9.81. The largest absolute Gasteiger partial charge is 0.480 e. The fourth-order valence-corrected chi connectivity index (χ4v) is 5.27. The van der Waals surface area contributed by atoms with Gasteiger partial charge in [0.15, 0.2) is 0 Å². The lowest BCUT2D eigenvalue weighted by Gasteiger charge is -2.29. The van der Waals surface area contributed by atoms with Crippen molar-refractivity contribution >= 4 is 11.9 Å². The molecular formula is C20H25NO3. The molecule has 0 radical (unpaired) electrons. The Morgan fingerprint density at radius 3 is 2.79 bits per heavy atom. The third-order valence-corrected chi connectivity index (χ3v) is 6.38. The molecule has 1 aromatic carbocycles. The zero-order chi connectivity index (χ0) is 16.7. The minimum atomic E-state index is -0.818. The van der Waals surface area contributed by atoms with Gasteiger partial charge in [-0.15, -0.1) is 0 Å². The molecule has 1 saturated carbocycles. The van der Waals surface area contributed by atoms with Crippen molar-refractivity contribution in [2.45, 2.75) is 56.9 Å². The van der Waals surface area contributed by atoms with Crippen molar-refractivity contribution in [2.75, 3.05) is 6.54 Å². The molecule has 1 aliphatic heterocycles. The van der Waals surface area contributed by atoms with Crippen molar-refractivity contribution in [1.29, 1.82) is 0 Å². The second-order valence-corrected chi connectivity index (χ2v) is 7.68. The van der Waals surface area contributed by atoms with Crippen molar-refractivity contribution in [3.8, 4) is 0 Å². The fraction of sp³-hybridized carbons (Fsp3) is 0.600. The highest BCUT2D eigenvalue weighted by Crippen LogP contribution is 2.43. The van der Waals surface area contributed by atoms with E-state index in [0.717, 1.165) is 38.5 Å². The molecule has 1 amide bonds. The second-order valence-electron chi connectivity index (χ2n) is 7.68. The summed E-state index contributed by atoms with van der Waals surface area (Å²) in [5.41, 5.74) is 2.65. The number of carboxylic acids is 1. The molecule has 4 unspecified atom stereocenters. The number of carbonyl (C=O) groups is 2. The first-order valence-electron chi connectivity index (χ1n) is 9.25. The Balaban J connectivity index is 1.51. The summed E-state index contributed by atoms with van der Waals surface area (Å²) in [5, 5.41) is 9.65. The number of carboxylic acid groups (broad SMARTS) is 1. The first-order valence-corrected chi connectivity index (χ1v) is 9.25. The van der Waals surface area contributed by atoms with Crippen LogP contribution in [0.15, 0.2) is 24.3 Å². The van der Waals surface area contributed by atoms with Gasteiger partial charge in [-0.25, -0.2) is 4.79 Å². The van der Waals surface area contributed by atoms with Crippen molar-refractivity contribution < 1.29 is 14.7 Å². The van der Waals surface area contributed by atoms with Gasteiger partial charge in [0.1, 0.15) is 6.04 Å². The van der Waals surface area contributed by atoms with E-state index < -0.39 is 12.0 Å². The van der Waals surface area contributed by atoms with E-state index in [1.54, 1.807) is 4.90 Å². The Bertz CT molecular complexity index is 656. The number of fused-ring (bicyclic) bond motifs is 2. The number of amides is 1. The lowest BCUT2D eigenvalue weighted by molar-refractivity contribution is -0.149. The van der Waals surface area contributed by atoms with Gasteiger partial charge in [-0.05, 0) is 61.0 Å². The van der Waals surface area contributed by atoms with E-state index in [0.29, 0.717) is 18.9 Å². The smallest absolute Gasteiger partial charge is 0.326 e. The van der Waals surface area contributed by atoms with E-state index in [1.165, 1.54) is 11.1 Å². The van der Waals surface area contributed by atoms with E-state index in [1.807, 2.05) is 6.07 Å². The minimum Gasteiger partial charge on any atom is -0.480 e. The summed E-state index contributed by atoms with van der Waals surface area (Å²) in [5.74, 6) is 0.0383. The number of hydrogen-bond acceptors (Lipinski definition) is 2. The molecule has 2 fully saturated rings. The third kappa shape index (κ3) is 2.62. The Morgan fingerprint density at radius 2 is 1.96 bits per heavy atom. The van der Waals surface area contributed by atoms with Gasteiger partial charge in [0, 0.05) is 13.0 Å². The van der Waals surface area contributed by atoms with Gasteiger partial charge in [0.25, 0.3) is 0 Å². The summed E-state index contributed by atoms with van der Waals surface area (Å²) in [6.07, 6.45) is 6.83. The number of nitrogens with zero attached hydrogens (tertiary/aromatic N) is 1. The Labute approximate surface area is 142 Å². The minimum absolute atomic E-state index is 0.0403. The Morgan fingerprint density at radius 1 is 1.12 bits per heavy atom. The summed E-state index contributed by atoms with van der Waals surface area (Å²) in [4.78, 5) is 26.4. The number of aryl methyl sites for hydroxylation is 1. The topological polar surface area (TPSA) is 57.6 Å². The van der Waals surface area contributed by atoms with E-state index in [2.05, 4.69) is 18.2 Å². The van der Waals surface area contributed by atoms with Crippen LogP contribution in [0.2, 0.25) is 0 Å². The Hall–Kier alpha value is -1.84. The molecule has 3 aliphatic rings. The summed E-state index contributed by atoms with van der Waals surface area (Å²) in [6.45, 7) is 0.648. The molecule has 1 N–H and O–H groups in total. The highest BCUT2D eigenvalue weighted by molar-refractivity contribution is 5.85. The molecule has 4 nitrogen and oxygen atoms in total. The first-order chi connectivity index (χ1) is 11.6. The van der Waals surface area contributed by atoms with Crippen LogP contribution in [-0.2, 0) is 16.0 Å². The summed E-state index contributed by atoms with van der Waals surface area (Å²) in [7, 11) is 0. The molecule has 1 saturated heterocycles. The molecule has 4 heteroatoms. The summed E-state index contributed by atoms with van der Waals surface area (Å²) < 4.78 is 0. The van der Waals surface area contributed by atoms with Gasteiger partial charge < -0.3 is 10.0 Å². The van der Waals surface area contributed by atoms with Crippen LogP contribution in [0, 0.1) is 11.8 Å². The lowest BCUT2D eigenvalue weighted by Crippen LogP contribution is -2.43. The van der Waals surface area contributed by atoms with Crippen LogP contribution in [-0.4, -0.2) is 34.5 Å². The summed E-state index contributed by atoms with van der Waals surface area (Å²) in [6, 6.07) is 7.81. The molecule has 128 valence electrons. The average Bonchev–Trinajstić information content (AvgIpc) is 3.15. The van der Waals surface area contributed by atoms with Crippen LogP contribution in [0.4, 0.5) is 0 Å². The number of hydrogen-bond donors (Lipinski definition) is 1. The average molecular weight is 327 g/mol. The number of rotatable bonds is 3. The van der Waals surface area contributed by atoms with Crippen molar-refractivity contribution in [3.63, 3.8) is 0 Å². The predicted molar refractivity (Wildman–Crippen MR) is 90.7 cm³/mol. The van der Waals surface area contributed by atoms with E-state index >= 15 is 0 Å². The molecule has 0 spiro atoms. The number of benzene rings is 1. The zero-order valence-electron chi connectivity index (χ0n) is 14.0. The molecular weight excluding hydrogens is 302 g/mol. The molecule has 24 heavy (non-hydrogen) atoms. The molecule has 2 aliphatic carbocycles. The van der Waals surface area contributed by atoms with Crippen molar-refractivity contribution in [2.24, 2.45) is 11.8 Å². The number of aliphatic carboxylic acids is 1. The molecule has 4 atom stereocenters. The molecule has 0 bridgehead atoms. The maximum atomic E-state index is 12.9. The van der Waals surface area contributed by atoms with Crippen LogP contribution in [0.1, 0.15) is 55.6 Å². The quantitative estimate of drug-likeness (QED) is 0.927. The van der Waals surface area contributed by atoms with Crippen molar-refractivity contribution in [3.05, 3.63) is 35.4 Å². The highest BCUT2D eigenvalue weighted by atomic mass is 16.4. The molecule has 1 heterocycles. The van der Waals surface area contributed by atoms with Crippen molar-refractivity contribution in [1.82, 2.24) is 4.90 Å². The zero-order valence-corrected chi connectivity index (χ0v) is 14.0. The van der Waals surface area contributed by atoms with Gasteiger partial charge in [-0.3, -0.25) is 4.79 Å². The maximum absolute atomic E-state index is 12.9. The van der Waals surface area contributed by atoms with Gasteiger partial charge in [-0.2, -0.15) is 0 Å². The predicted octanol–water partition coefficient (Wildman–Crippen LogP) is 3.21. The summed E-state index contributed by atoms with van der Waals surface area (Å²) >= 11 is 0. The van der Waals surface area contributed by atoms with Crippen LogP contribution in [0.25, 0.3) is 0 Å². The van der Waals surface area contributed by atoms with Crippen LogP contribution >= 0.6 is 0 Å². The van der Waals surface area contributed by atoms with Crippen LogP contribution in [0.3, 0.4) is 0 Å². The fourth-order valence-electron chi connectivity index (χ4n) is 5.27. The second kappa shape index (κ2) is 6.23. The van der Waals surface area contributed by atoms with Crippen LogP contribution in [0.5, 0.6) is 0 Å². The normalized spacial score (nSPS) is 31.6. The third-order valence-electron chi connectivity index (χ3n) is 6.38. The SMILES string of the molecule is O=C(O)C1C2CCCC2CN1C(=O)CC1CCCc2ccccc21. The first kappa shape index (κ1) is 15.7. The molecule has 0 aromatic heterocycles. The highest BCUT2D eigenvalue weighted by Gasteiger charge is 2.49. The van der Waals surface area contributed by atoms with Gasteiger partial charge in [0.05, 0.1) is 0 Å². The van der Waals surface area contributed by atoms with Gasteiger partial charge in [0.2, 0.25) is 5.91 Å². The number of carbonyl (C=O) groups excluding carboxylic acids is 1. The maximum Gasteiger partial charge on any atom is 0.326 e. The van der Waals surface area contributed by atoms with Crippen LogP contribution < -0.4 is 0 Å². The Kier molecular flexibility index (Phi) is 4.07. The van der Waals surface area contributed by atoms with Gasteiger partial charge >= 0.3 is 5.97 Å². The molecule has 4 rings (SSSR count). The number of likely N-dealkylation sites (tertiary alicyclic amines) is 1. The van der Waals surface area contributed by atoms with Gasteiger partial charge in [-0.1, -0.05) is 30.7 Å². The van der Waals surface area contributed by atoms with E-state index in [9.17, 15) is 14.7 Å². The molecule has 1 aromatic rings. The monoisotopic (exact) mass is 327 g/mol.